The van der Waals surface area contributed by atoms with Crippen LogP contribution in [0.25, 0.3) is 0 Å². The molecule has 2 fully saturated rings. The zero-order valence-corrected chi connectivity index (χ0v) is 12.5. The molecule has 0 saturated carbocycles. The molecule has 0 aliphatic carbocycles. The lowest BCUT2D eigenvalue weighted by Gasteiger charge is -2.45. The van der Waals surface area contributed by atoms with Crippen molar-refractivity contribution in [1.29, 1.82) is 0 Å². The zero-order valence-electron chi connectivity index (χ0n) is 10.9. The number of nitrogens with zero attached hydrogens (tertiary/aromatic N) is 2. The molecule has 2 unspecified atom stereocenters. The van der Waals surface area contributed by atoms with Gasteiger partial charge in [-0.1, -0.05) is 0 Å². The fourth-order valence-corrected chi connectivity index (χ4v) is 4.91. The van der Waals surface area contributed by atoms with Crippen LogP contribution in [0.2, 0.25) is 0 Å². The van der Waals surface area contributed by atoms with E-state index >= 15 is 0 Å². The second-order valence-electron chi connectivity index (χ2n) is 5.37. The minimum Gasteiger partial charge on any atom is -0.375 e. The summed E-state index contributed by atoms with van der Waals surface area (Å²) in [5.41, 5.74) is 4.00. The van der Waals surface area contributed by atoms with Crippen LogP contribution in [0.1, 0.15) is 37.4 Å². The van der Waals surface area contributed by atoms with Gasteiger partial charge in [0.05, 0.1) is 35.3 Å². The van der Waals surface area contributed by atoms with E-state index in [4.69, 9.17) is 10.6 Å². The molecule has 3 N–H and O–H groups in total. The molecule has 0 amide bonds. The standard InChI is InChI=1S/C12H20N4OS2/c13-15-11(10-8-14-19-16-10)9-1-4-17-12(7-9)2-5-18-6-3-12/h8-9,11,15H,1-7,13H2. The van der Waals surface area contributed by atoms with Crippen LogP contribution in [0.3, 0.4) is 0 Å². The third-order valence-electron chi connectivity index (χ3n) is 4.28. The van der Waals surface area contributed by atoms with Crippen LogP contribution in [0.4, 0.5) is 0 Å². The van der Waals surface area contributed by atoms with Gasteiger partial charge in [0, 0.05) is 6.61 Å². The van der Waals surface area contributed by atoms with E-state index in [9.17, 15) is 0 Å². The molecule has 2 aliphatic rings. The predicted octanol–water partition coefficient (Wildman–Crippen LogP) is 1.73. The Bertz CT molecular complexity index is 389. The van der Waals surface area contributed by atoms with Crippen molar-refractivity contribution in [2.75, 3.05) is 18.1 Å². The summed E-state index contributed by atoms with van der Waals surface area (Å²) in [6, 6.07) is 0.106. The fourth-order valence-electron chi connectivity index (χ4n) is 3.21. The summed E-state index contributed by atoms with van der Waals surface area (Å²) in [5, 5.41) is 0. The smallest absolute Gasteiger partial charge is 0.0928 e. The summed E-state index contributed by atoms with van der Waals surface area (Å²) in [6.07, 6.45) is 6.29. The molecular formula is C12H20N4OS2. The van der Waals surface area contributed by atoms with Gasteiger partial charge in [-0.05, 0) is 43.1 Å². The molecule has 1 aromatic rings. The van der Waals surface area contributed by atoms with Gasteiger partial charge in [0.15, 0.2) is 0 Å². The Morgan fingerprint density at radius 1 is 1.47 bits per heavy atom. The molecule has 7 heteroatoms. The van der Waals surface area contributed by atoms with Crippen LogP contribution >= 0.6 is 23.5 Å². The number of nitrogens with two attached hydrogens (primary N) is 1. The summed E-state index contributed by atoms with van der Waals surface area (Å²) >= 11 is 3.28. The second-order valence-corrected chi connectivity index (χ2v) is 7.15. The number of thioether (sulfide) groups is 1. The first-order valence-corrected chi connectivity index (χ1v) is 8.67. The van der Waals surface area contributed by atoms with Gasteiger partial charge in [-0.3, -0.25) is 11.3 Å². The molecule has 2 saturated heterocycles. The van der Waals surface area contributed by atoms with Crippen molar-refractivity contribution in [3.05, 3.63) is 11.9 Å². The highest BCUT2D eigenvalue weighted by molar-refractivity contribution is 7.99. The van der Waals surface area contributed by atoms with E-state index in [0.717, 1.165) is 25.1 Å². The number of ether oxygens (including phenoxy) is 1. The lowest BCUT2D eigenvalue weighted by Crippen LogP contribution is -2.46. The first-order valence-electron chi connectivity index (χ1n) is 6.78. The summed E-state index contributed by atoms with van der Waals surface area (Å²) in [6.45, 7) is 0.838. The van der Waals surface area contributed by atoms with Crippen LogP contribution < -0.4 is 11.3 Å². The highest BCUT2D eigenvalue weighted by Crippen LogP contribution is 2.43. The Balaban J connectivity index is 1.73. The van der Waals surface area contributed by atoms with Gasteiger partial charge in [0.2, 0.25) is 0 Å². The van der Waals surface area contributed by atoms with E-state index in [1.807, 2.05) is 18.0 Å². The molecule has 2 atom stereocenters. The fraction of sp³-hybridized carbons (Fsp3) is 0.833. The Kier molecular flexibility index (Phi) is 4.38. The van der Waals surface area contributed by atoms with Crippen molar-refractivity contribution < 1.29 is 4.74 Å². The Morgan fingerprint density at radius 3 is 3.00 bits per heavy atom. The van der Waals surface area contributed by atoms with Gasteiger partial charge < -0.3 is 4.74 Å². The van der Waals surface area contributed by atoms with Gasteiger partial charge >= 0.3 is 0 Å². The van der Waals surface area contributed by atoms with E-state index < -0.39 is 0 Å². The van der Waals surface area contributed by atoms with Crippen molar-refractivity contribution in [3.63, 3.8) is 0 Å². The van der Waals surface area contributed by atoms with Gasteiger partial charge in [0.1, 0.15) is 0 Å². The zero-order chi connectivity index (χ0) is 13.1. The molecular weight excluding hydrogens is 280 g/mol. The summed E-state index contributed by atoms with van der Waals surface area (Å²) in [5.74, 6) is 8.67. The number of hydrogen-bond acceptors (Lipinski definition) is 7. The Labute approximate surface area is 122 Å². The third kappa shape index (κ3) is 2.95. The van der Waals surface area contributed by atoms with E-state index in [1.54, 1.807) is 0 Å². The largest absolute Gasteiger partial charge is 0.375 e. The van der Waals surface area contributed by atoms with Gasteiger partial charge in [-0.15, -0.1) is 0 Å². The highest BCUT2D eigenvalue weighted by Gasteiger charge is 2.41. The summed E-state index contributed by atoms with van der Waals surface area (Å²) in [4.78, 5) is 0. The minimum atomic E-state index is 0.0900. The SMILES string of the molecule is NNC(c1cnsn1)C1CCOC2(CCSCC2)C1. The molecule has 2 aliphatic heterocycles. The van der Waals surface area contributed by atoms with E-state index in [2.05, 4.69) is 14.2 Å². The predicted molar refractivity (Wildman–Crippen MR) is 77.9 cm³/mol. The second kappa shape index (κ2) is 6.05. The molecule has 1 spiro atoms. The van der Waals surface area contributed by atoms with E-state index in [1.165, 1.54) is 36.1 Å². The number of hydrogen-bond donors (Lipinski definition) is 2. The average molecular weight is 300 g/mol. The van der Waals surface area contributed by atoms with Crippen molar-refractivity contribution >= 4 is 23.5 Å². The van der Waals surface area contributed by atoms with Gasteiger partial charge in [-0.25, -0.2) is 0 Å². The summed E-state index contributed by atoms with van der Waals surface area (Å²) < 4.78 is 14.6. The van der Waals surface area contributed by atoms with Gasteiger partial charge in [-0.2, -0.15) is 20.5 Å². The molecule has 3 rings (SSSR count). The lowest BCUT2D eigenvalue weighted by atomic mass is 9.78. The monoisotopic (exact) mass is 300 g/mol. The van der Waals surface area contributed by atoms with Crippen molar-refractivity contribution in [1.82, 2.24) is 14.2 Å². The molecule has 1 aromatic heterocycles. The number of aromatic nitrogens is 2. The minimum absolute atomic E-state index is 0.0900. The van der Waals surface area contributed by atoms with Gasteiger partial charge in [0.25, 0.3) is 0 Å². The Morgan fingerprint density at radius 2 is 2.32 bits per heavy atom. The van der Waals surface area contributed by atoms with E-state index in [-0.39, 0.29) is 11.6 Å². The molecule has 19 heavy (non-hydrogen) atoms. The van der Waals surface area contributed by atoms with Crippen LogP contribution in [0, 0.1) is 5.92 Å². The van der Waals surface area contributed by atoms with Crippen LogP contribution in [-0.2, 0) is 4.74 Å². The van der Waals surface area contributed by atoms with Crippen molar-refractivity contribution in [2.45, 2.75) is 37.3 Å². The molecule has 5 nitrogen and oxygen atoms in total. The molecule has 3 heterocycles. The molecule has 0 aromatic carbocycles. The topological polar surface area (TPSA) is 73.1 Å². The molecule has 0 bridgehead atoms. The van der Waals surface area contributed by atoms with Crippen LogP contribution in [-0.4, -0.2) is 32.5 Å². The van der Waals surface area contributed by atoms with Crippen LogP contribution in [0.15, 0.2) is 6.20 Å². The van der Waals surface area contributed by atoms with Crippen molar-refractivity contribution in [3.8, 4) is 0 Å². The van der Waals surface area contributed by atoms with E-state index in [0.29, 0.717) is 5.92 Å². The van der Waals surface area contributed by atoms with Crippen molar-refractivity contribution in [2.24, 2.45) is 11.8 Å². The normalized spacial score (nSPS) is 28.4. The molecule has 0 radical (unpaired) electrons. The Hall–Kier alpha value is -0.210. The number of nitrogens with one attached hydrogen (secondary N) is 1. The highest BCUT2D eigenvalue weighted by atomic mass is 32.2. The number of rotatable bonds is 3. The maximum absolute atomic E-state index is 6.13. The maximum atomic E-state index is 6.13. The molecule has 106 valence electrons. The third-order valence-corrected chi connectivity index (χ3v) is 5.76. The summed E-state index contributed by atoms with van der Waals surface area (Å²) in [7, 11) is 0. The first kappa shape index (κ1) is 13.8. The van der Waals surface area contributed by atoms with Crippen LogP contribution in [0.5, 0.6) is 0 Å². The lowest BCUT2D eigenvalue weighted by molar-refractivity contribution is -0.107. The average Bonchev–Trinajstić information content (AvgIpc) is 2.95. The number of hydrazine groups is 1. The first-order chi connectivity index (χ1) is 9.33. The maximum Gasteiger partial charge on any atom is 0.0928 e. The quantitative estimate of drug-likeness (QED) is 0.654.